The molecule has 2 aromatic carbocycles. The lowest BCUT2D eigenvalue weighted by Gasteiger charge is -2.21. The number of nitrogens with zero attached hydrogens (tertiary/aromatic N) is 3. The summed E-state index contributed by atoms with van der Waals surface area (Å²) in [6.45, 7) is 1.83. The largest absolute Gasteiger partial charge is 0.506 e. The molecule has 1 aliphatic heterocycles. The van der Waals surface area contributed by atoms with Gasteiger partial charge in [0.15, 0.2) is 4.77 Å². The highest BCUT2D eigenvalue weighted by atomic mass is 32.1. The van der Waals surface area contributed by atoms with E-state index in [-0.39, 0.29) is 28.6 Å². The maximum absolute atomic E-state index is 13.7. The Morgan fingerprint density at radius 3 is 2.19 bits per heavy atom. The molecule has 0 fully saturated rings. The van der Waals surface area contributed by atoms with Crippen LogP contribution in [0.25, 0.3) is 11.4 Å². The fraction of sp³-hybridized carbons (Fsp3) is 0.125. The van der Waals surface area contributed by atoms with Crippen molar-refractivity contribution in [2.24, 2.45) is 0 Å². The Morgan fingerprint density at radius 1 is 0.969 bits per heavy atom. The summed E-state index contributed by atoms with van der Waals surface area (Å²) in [6, 6.07) is 18.0. The van der Waals surface area contributed by atoms with Crippen molar-refractivity contribution < 1.29 is 14.9 Å². The molecule has 0 bridgehead atoms. The molecule has 0 saturated carbocycles. The minimum absolute atomic E-state index is 0.00837. The minimum Gasteiger partial charge on any atom is -0.506 e. The van der Waals surface area contributed by atoms with Crippen molar-refractivity contribution in [1.82, 2.24) is 14.1 Å². The van der Waals surface area contributed by atoms with Crippen molar-refractivity contribution in [2.75, 3.05) is 0 Å². The third kappa shape index (κ3) is 3.04. The molecule has 160 valence electrons. The Hall–Kier alpha value is -3.75. The molecule has 32 heavy (non-hydrogen) atoms. The van der Waals surface area contributed by atoms with Gasteiger partial charge in [0.25, 0.3) is 5.56 Å². The highest BCUT2D eigenvalue weighted by Crippen LogP contribution is 2.43. The molecule has 4 aromatic rings. The molecule has 0 aliphatic carbocycles. The van der Waals surface area contributed by atoms with Crippen LogP contribution in [0.5, 0.6) is 11.6 Å². The topological polar surface area (TPSA) is 89.5 Å². The number of ether oxygens (including phenoxy) is 1. The van der Waals surface area contributed by atoms with Crippen LogP contribution >= 0.6 is 12.2 Å². The van der Waals surface area contributed by atoms with Crippen LogP contribution in [0, 0.1) is 11.7 Å². The zero-order valence-electron chi connectivity index (χ0n) is 17.1. The normalized spacial score (nSPS) is 15.0. The molecule has 0 spiro atoms. The van der Waals surface area contributed by atoms with Gasteiger partial charge in [-0.15, -0.1) is 0 Å². The molecular weight excluding hydrogens is 426 g/mol. The Bertz CT molecular complexity index is 1450. The summed E-state index contributed by atoms with van der Waals surface area (Å²) in [5.74, 6) is -0.381. The number of aryl methyl sites for hydroxylation is 1. The van der Waals surface area contributed by atoms with E-state index in [0.717, 1.165) is 0 Å². The summed E-state index contributed by atoms with van der Waals surface area (Å²) in [5.41, 5.74) is 2.13. The summed E-state index contributed by atoms with van der Waals surface area (Å²) in [5, 5.41) is 22.0. The molecule has 5 rings (SSSR count). The first-order chi connectivity index (χ1) is 15.5. The average molecular weight is 446 g/mol. The molecule has 2 N–H and O–H groups in total. The van der Waals surface area contributed by atoms with Crippen LogP contribution in [-0.4, -0.2) is 24.3 Å². The van der Waals surface area contributed by atoms with Gasteiger partial charge in [-0.1, -0.05) is 36.4 Å². The van der Waals surface area contributed by atoms with Crippen LogP contribution in [0.2, 0.25) is 0 Å². The zero-order valence-corrected chi connectivity index (χ0v) is 17.9. The van der Waals surface area contributed by atoms with E-state index in [1.807, 2.05) is 24.3 Å². The summed E-state index contributed by atoms with van der Waals surface area (Å²) in [4.78, 5) is 17.9. The first kappa shape index (κ1) is 20.2. The molecular formula is C24H19N3O4S. The lowest BCUT2D eigenvalue weighted by molar-refractivity contribution is 0.0890. The van der Waals surface area contributed by atoms with Crippen molar-refractivity contribution in [3.05, 3.63) is 104 Å². The van der Waals surface area contributed by atoms with E-state index in [1.165, 1.54) is 9.13 Å². The number of rotatable bonds is 3. The van der Waals surface area contributed by atoms with Gasteiger partial charge in [0, 0.05) is 17.3 Å². The van der Waals surface area contributed by atoms with Crippen LogP contribution < -0.4 is 5.56 Å². The first-order valence-electron chi connectivity index (χ1n) is 9.99. The summed E-state index contributed by atoms with van der Waals surface area (Å²) in [6.07, 6.45) is 0.642. The second kappa shape index (κ2) is 7.74. The molecule has 0 radical (unpaired) electrons. The van der Waals surface area contributed by atoms with Crippen LogP contribution in [0.4, 0.5) is 0 Å². The van der Waals surface area contributed by atoms with Gasteiger partial charge in [-0.2, -0.15) is 0 Å². The number of aromatic nitrogens is 3. The Kier molecular flexibility index (Phi) is 4.88. The van der Waals surface area contributed by atoms with Crippen LogP contribution in [0.15, 0.2) is 71.7 Å². The second-order valence-corrected chi connectivity index (χ2v) is 7.85. The molecule has 7 nitrogen and oxygen atoms in total. The van der Waals surface area contributed by atoms with Gasteiger partial charge in [0.2, 0.25) is 5.88 Å². The maximum Gasteiger partial charge on any atom is 0.269 e. The van der Waals surface area contributed by atoms with E-state index >= 15 is 0 Å². The van der Waals surface area contributed by atoms with Gasteiger partial charge in [-0.3, -0.25) is 18.9 Å². The number of hydrogen-bond donors (Lipinski definition) is 2. The van der Waals surface area contributed by atoms with Crippen LogP contribution in [0.3, 0.4) is 0 Å². The highest BCUT2D eigenvalue weighted by molar-refractivity contribution is 7.71. The smallest absolute Gasteiger partial charge is 0.269 e. The van der Waals surface area contributed by atoms with Crippen LogP contribution in [0.1, 0.15) is 28.5 Å². The van der Waals surface area contributed by atoms with Crippen molar-refractivity contribution in [2.45, 2.75) is 19.6 Å². The molecule has 3 heterocycles. The van der Waals surface area contributed by atoms with Gasteiger partial charge in [-0.05, 0) is 43.4 Å². The molecule has 1 atom stereocenters. The van der Waals surface area contributed by atoms with Crippen LogP contribution in [-0.2, 0) is 11.3 Å². The molecule has 0 unspecified atom stereocenters. The lowest BCUT2D eigenvalue weighted by Crippen LogP contribution is -2.29. The Balaban J connectivity index is 1.87. The molecule has 1 aliphatic rings. The Labute approximate surface area is 188 Å². The summed E-state index contributed by atoms with van der Waals surface area (Å²) in [7, 11) is 0. The molecule has 2 aromatic heterocycles. The molecule has 0 amide bonds. The fourth-order valence-electron chi connectivity index (χ4n) is 4.00. The average Bonchev–Trinajstić information content (AvgIpc) is 3.22. The number of pyridine rings is 1. The molecule has 8 heteroatoms. The van der Waals surface area contributed by atoms with Crippen molar-refractivity contribution in [1.29, 1.82) is 0 Å². The monoisotopic (exact) mass is 445 g/mol. The fourth-order valence-corrected chi connectivity index (χ4v) is 4.38. The van der Waals surface area contributed by atoms with Gasteiger partial charge in [-0.25, -0.2) is 0 Å². The minimum atomic E-state index is -0.972. The number of fused-ring (bicyclic) bond motifs is 1. The number of para-hydroxylation sites is 2. The third-order valence-electron chi connectivity index (χ3n) is 5.59. The van der Waals surface area contributed by atoms with E-state index in [9.17, 15) is 15.0 Å². The lowest BCUT2D eigenvalue weighted by atomic mass is 10.00. The zero-order chi connectivity index (χ0) is 22.4. The quantitative estimate of drug-likeness (QED) is 0.462. The molecule has 0 saturated heterocycles. The van der Waals surface area contributed by atoms with Gasteiger partial charge in [0.05, 0.1) is 23.7 Å². The van der Waals surface area contributed by atoms with Gasteiger partial charge < -0.3 is 14.9 Å². The SMILES string of the molecule is Cc1ncc2c(c1O)[C@@H](c1c(O)n(-c3ccccc3)c(=S)n(-c3ccccc3)c1=O)OC2. The van der Waals surface area contributed by atoms with Crippen molar-refractivity contribution >= 4 is 12.2 Å². The van der Waals surface area contributed by atoms with Crippen molar-refractivity contribution in [3.63, 3.8) is 0 Å². The number of benzene rings is 2. The van der Waals surface area contributed by atoms with E-state index < -0.39 is 11.7 Å². The van der Waals surface area contributed by atoms with Gasteiger partial charge >= 0.3 is 0 Å². The van der Waals surface area contributed by atoms with E-state index in [1.54, 1.807) is 49.5 Å². The standard InChI is InChI=1S/C24H19N3O4S/c1-14-20(28)18-15(12-25-14)13-31-21(18)19-22(29)26(16-8-4-2-5-9-16)24(32)27(23(19)30)17-10-6-3-7-11-17/h2-12,21,28-29H,13H2,1H3/t21-/m0/s1. The summed E-state index contributed by atoms with van der Waals surface area (Å²) >= 11 is 5.66. The second-order valence-electron chi connectivity index (χ2n) is 7.49. The Morgan fingerprint density at radius 2 is 1.56 bits per heavy atom. The predicted octanol–water partition coefficient (Wildman–Crippen LogP) is 4.09. The predicted molar refractivity (Wildman–Crippen MR) is 121 cm³/mol. The summed E-state index contributed by atoms with van der Waals surface area (Å²) < 4.78 is 8.82. The third-order valence-corrected chi connectivity index (χ3v) is 5.95. The number of aromatic hydroxyl groups is 2. The van der Waals surface area contributed by atoms with E-state index in [4.69, 9.17) is 17.0 Å². The van der Waals surface area contributed by atoms with Crippen molar-refractivity contribution in [3.8, 4) is 23.0 Å². The van der Waals surface area contributed by atoms with Gasteiger partial charge in [0.1, 0.15) is 17.4 Å². The van der Waals surface area contributed by atoms with E-state index in [2.05, 4.69) is 4.98 Å². The highest BCUT2D eigenvalue weighted by Gasteiger charge is 2.35. The number of hydrogen-bond acceptors (Lipinski definition) is 6. The van der Waals surface area contributed by atoms with E-state index in [0.29, 0.717) is 28.2 Å². The maximum atomic E-state index is 13.7. The first-order valence-corrected chi connectivity index (χ1v) is 10.4.